The molecule has 0 spiro atoms. The second kappa shape index (κ2) is 10.3. The summed E-state index contributed by atoms with van der Waals surface area (Å²) >= 11 is 0. The van der Waals surface area contributed by atoms with E-state index >= 15 is 0 Å². The monoisotopic (exact) mass is 385 g/mol. The highest BCUT2D eigenvalue weighted by Crippen LogP contribution is 2.15. The van der Waals surface area contributed by atoms with Gasteiger partial charge in [-0.3, -0.25) is 14.4 Å². The van der Waals surface area contributed by atoms with Gasteiger partial charge in [0.1, 0.15) is 0 Å². The highest BCUT2D eigenvalue weighted by atomic mass is 16.3. The predicted molar refractivity (Wildman–Crippen MR) is 106 cm³/mol. The summed E-state index contributed by atoms with van der Waals surface area (Å²) in [5, 5.41) is 7.73. The van der Waals surface area contributed by atoms with Gasteiger partial charge in [0.05, 0.1) is 25.4 Å². The second-order valence-corrected chi connectivity index (χ2v) is 7.07. The molecule has 150 valence electrons. The van der Waals surface area contributed by atoms with Crippen LogP contribution >= 0.6 is 0 Å². The molecular formula is C21H27N3O4. The van der Waals surface area contributed by atoms with Crippen LogP contribution in [0, 0.1) is 5.92 Å². The molecule has 28 heavy (non-hydrogen) atoms. The van der Waals surface area contributed by atoms with Gasteiger partial charge in [-0.15, -0.1) is 0 Å². The molecule has 1 aromatic heterocycles. The van der Waals surface area contributed by atoms with Crippen LogP contribution in [0.4, 0.5) is 0 Å². The summed E-state index contributed by atoms with van der Waals surface area (Å²) in [6, 6.07) is 11.1. The molecule has 0 unspecified atom stereocenters. The Bertz CT molecular complexity index is 782. The van der Waals surface area contributed by atoms with Crippen molar-refractivity contribution in [1.82, 2.24) is 16.0 Å². The first-order valence-corrected chi connectivity index (χ1v) is 9.31. The van der Waals surface area contributed by atoms with Gasteiger partial charge in [0.15, 0.2) is 5.76 Å². The van der Waals surface area contributed by atoms with Crippen LogP contribution in [0.25, 0.3) is 0 Å². The zero-order valence-electron chi connectivity index (χ0n) is 16.5. The standard InChI is InChI=1S/C21H27N3O4/c1-14(2)11-16-6-8-17(9-7-16)15(3)24-20(26)13-22-19(25)12-23-21(27)18-5-4-10-28-18/h4-10,14-15H,11-13H2,1-3H3,(H,22,25)(H,23,27)(H,24,26)/t15-/m1/s1. The van der Waals surface area contributed by atoms with E-state index in [1.54, 1.807) is 6.07 Å². The summed E-state index contributed by atoms with van der Waals surface area (Å²) in [7, 11) is 0. The molecule has 0 saturated carbocycles. The van der Waals surface area contributed by atoms with E-state index in [2.05, 4.69) is 41.9 Å². The third-order valence-electron chi connectivity index (χ3n) is 4.10. The maximum Gasteiger partial charge on any atom is 0.287 e. The molecule has 7 nitrogen and oxygen atoms in total. The number of carbonyl (C=O) groups is 3. The molecule has 0 radical (unpaired) electrons. The summed E-state index contributed by atoms with van der Waals surface area (Å²) in [5.74, 6) is -0.529. The number of benzene rings is 1. The Labute approximate surface area is 164 Å². The van der Waals surface area contributed by atoms with Gasteiger partial charge in [0, 0.05) is 0 Å². The molecule has 1 atom stereocenters. The Hall–Kier alpha value is -3.09. The topological polar surface area (TPSA) is 100 Å². The van der Waals surface area contributed by atoms with E-state index in [4.69, 9.17) is 4.42 Å². The molecule has 1 heterocycles. The molecule has 3 amide bonds. The third kappa shape index (κ3) is 6.90. The van der Waals surface area contributed by atoms with E-state index in [1.165, 1.54) is 17.9 Å². The van der Waals surface area contributed by atoms with Gasteiger partial charge in [-0.1, -0.05) is 38.1 Å². The number of hydrogen-bond donors (Lipinski definition) is 3. The number of nitrogens with one attached hydrogen (secondary N) is 3. The van der Waals surface area contributed by atoms with E-state index in [0.717, 1.165) is 12.0 Å². The fraction of sp³-hybridized carbons (Fsp3) is 0.381. The van der Waals surface area contributed by atoms with E-state index in [1.807, 2.05) is 19.1 Å². The van der Waals surface area contributed by atoms with Gasteiger partial charge in [0.2, 0.25) is 11.8 Å². The van der Waals surface area contributed by atoms with Crippen molar-refractivity contribution in [2.45, 2.75) is 33.2 Å². The summed E-state index contributed by atoms with van der Waals surface area (Å²) in [4.78, 5) is 35.5. The van der Waals surface area contributed by atoms with Gasteiger partial charge in [-0.05, 0) is 42.5 Å². The van der Waals surface area contributed by atoms with Crippen molar-refractivity contribution >= 4 is 17.7 Å². The fourth-order valence-corrected chi connectivity index (χ4v) is 2.69. The number of amides is 3. The first-order valence-electron chi connectivity index (χ1n) is 9.31. The van der Waals surface area contributed by atoms with Gasteiger partial charge in [-0.2, -0.15) is 0 Å². The van der Waals surface area contributed by atoms with Gasteiger partial charge < -0.3 is 20.4 Å². The molecule has 2 rings (SSSR count). The molecule has 0 fully saturated rings. The van der Waals surface area contributed by atoms with Crippen molar-refractivity contribution in [3.63, 3.8) is 0 Å². The smallest absolute Gasteiger partial charge is 0.287 e. The quantitative estimate of drug-likeness (QED) is 0.616. The lowest BCUT2D eigenvalue weighted by molar-refractivity contribution is -0.125. The summed E-state index contributed by atoms with van der Waals surface area (Å²) in [6.45, 7) is 5.84. The maximum atomic E-state index is 12.0. The molecule has 0 aliphatic carbocycles. The molecule has 3 N–H and O–H groups in total. The summed E-state index contributed by atoms with van der Waals surface area (Å²) in [6.07, 6.45) is 2.39. The third-order valence-corrected chi connectivity index (χ3v) is 4.10. The zero-order valence-corrected chi connectivity index (χ0v) is 16.5. The van der Waals surface area contributed by atoms with Gasteiger partial charge >= 0.3 is 0 Å². The van der Waals surface area contributed by atoms with Crippen LogP contribution in [0.3, 0.4) is 0 Å². The Morgan fingerprint density at radius 2 is 1.61 bits per heavy atom. The normalized spacial score (nSPS) is 11.7. The molecule has 1 aromatic carbocycles. The van der Waals surface area contributed by atoms with Crippen LogP contribution in [0.15, 0.2) is 47.1 Å². The van der Waals surface area contributed by atoms with Crippen LogP contribution in [0.2, 0.25) is 0 Å². The van der Waals surface area contributed by atoms with Crippen LogP contribution in [0.5, 0.6) is 0 Å². The number of rotatable bonds is 9. The van der Waals surface area contributed by atoms with Gasteiger partial charge in [-0.25, -0.2) is 0 Å². The SMILES string of the molecule is CC(C)Cc1ccc([C@@H](C)NC(=O)CNC(=O)CNC(=O)c2ccco2)cc1. The summed E-state index contributed by atoms with van der Waals surface area (Å²) in [5.41, 5.74) is 2.26. The first-order chi connectivity index (χ1) is 13.3. The lowest BCUT2D eigenvalue weighted by Crippen LogP contribution is -2.42. The first kappa shape index (κ1) is 21.2. The average Bonchev–Trinajstić information content (AvgIpc) is 3.19. The van der Waals surface area contributed by atoms with Gasteiger partial charge in [0.25, 0.3) is 5.91 Å². The van der Waals surface area contributed by atoms with E-state index in [-0.39, 0.29) is 30.8 Å². The number of hydrogen-bond acceptors (Lipinski definition) is 4. The molecule has 7 heteroatoms. The number of carbonyl (C=O) groups excluding carboxylic acids is 3. The lowest BCUT2D eigenvalue weighted by atomic mass is 10.00. The second-order valence-electron chi connectivity index (χ2n) is 7.07. The van der Waals surface area contributed by atoms with Crippen LogP contribution in [0.1, 0.15) is 48.5 Å². The fourth-order valence-electron chi connectivity index (χ4n) is 2.69. The molecule has 2 aromatic rings. The zero-order chi connectivity index (χ0) is 20.5. The minimum absolute atomic E-state index is 0.124. The molecule has 0 saturated heterocycles. The van der Waals surface area contributed by atoms with Crippen LogP contribution in [-0.4, -0.2) is 30.8 Å². The summed E-state index contributed by atoms with van der Waals surface area (Å²) < 4.78 is 4.93. The van der Waals surface area contributed by atoms with Crippen molar-refractivity contribution in [2.24, 2.45) is 5.92 Å². The number of furan rings is 1. The van der Waals surface area contributed by atoms with E-state index in [0.29, 0.717) is 5.92 Å². The average molecular weight is 385 g/mol. The molecular weight excluding hydrogens is 358 g/mol. The Morgan fingerprint density at radius 1 is 0.929 bits per heavy atom. The van der Waals surface area contributed by atoms with Crippen LogP contribution in [-0.2, 0) is 16.0 Å². The van der Waals surface area contributed by atoms with Crippen molar-refractivity contribution in [1.29, 1.82) is 0 Å². The minimum atomic E-state index is -0.487. The maximum absolute atomic E-state index is 12.0. The lowest BCUT2D eigenvalue weighted by Gasteiger charge is -2.15. The van der Waals surface area contributed by atoms with Crippen molar-refractivity contribution < 1.29 is 18.8 Å². The Balaban J connectivity index is 1.71. The van der Waals surface area contributed by atoms with E-state index < -0.39 is 11.8 Å². The molecule has 0 aliphatic rings. The Morgan fingerprint density at radius 3 is 2.21 bits per heavy atom. The predicted octanol–water partition coefficient (Wildman–Crippen LogP) is 2.20. The molecule has 0 bridgehead atoms. The van der Waals surface area contributed by atoms with E-state index in [9.17, 15) is 14.4 Å². The van der Waals surface area contributed by atoms with Crippen molar-refractivity contribution in [2.75, 3.05) is 13.1 Å². The van der Waals surface area contributed by atoms with Crippen molar-refractivity contribution in [3.8, 4) is 0 Å². The Kier molecular flexibility index (Phi) is 7.80. The molecule has 0 aliphatic heterocycles. The highest BCUT2D eigenvalue weighted by molar-refractivity contribution is 5.94. The largest absolute Gasteiger partial charge is 0.459 e. The highest BCUT2D eigenvalue weighted by Gasteiger charge is 2.13. The van der Waals surface area contributed by atoms with Crippen LogP contribution < -0.4 is 16.0 Å². The van der Waals surface area contributed by atoms with Crippen molar-refractivity contribution in [3.05, 3.63) is 59.5 Å². The minimum Gasteiger partial charge on any atom is -0.459 e.